The second-order valence-electron chi connectivity index (χ2n) is 9.23. The molecule has 2 fully saturated rings. The monoisotopic (exact) mass is 434 g/mol. The molecule has 4 aromatic rings. The smallest absolute Gasteiger partial charge is 0.296 e. The van der Waals surface area contributed by atoms with Crippen LogP contribution < -0.4 is 5.32 Å². The number of anilines is 1. The summed E-state index contributed by atoms with van der Waals surface area (Å²) in [4.78, 5) is 11.5. The van der Waals surface area contributed by atoms with Gasteiger partial charge in [0.2, 0.25) is 0 Å². The van der Waals surface area contributed by atoms with E-state index in [0.717, 1.165) is 48.9 Å². The van der Waals surface area contributed by atoms with Crippen LogP contribution in [-0.2, 0) is 0 Å². The SMILES string of the molecule is Cc1cn2nc(-c3cc(F)c4nc(NC5CCN(C6CCC6)CC5)oc4c3)cc(C)c2n1. The third kappa shape index (κ3) is 3.43. The molecule has 8 heteroatoms. The number of hydrogen-bond donors (Lipinski definition) is 1. The van der Waals surface area contributed by atoms with Gasteiger partial charge in [-0.05, 0) is 63.3 Å². The van der Waals surface area contributed by atoms with Crippen LogP contribution in [0.25, 0.3) is 28.0 Å². The molecule has 0 amide bonds. The first-order valence-electron chi connectivity index (χ1n) is 11.5. The molecule has 1 saturated carbocycles. The highest BCUT2D eigenvalue weighted by Crippen LogP contribution is 2.31. The third-order valence-electron chi connectivity index (χ3n) is 6.92. The van der Waals surface area contributed by atoms with Gasteiger partial charge < -0.3 is 14.6 Å². The first-order chi connectivity index (χ1) is 15.5. The van der Waals surface area contributed by atoms with Gasteiger partial charge in [0.25, 0.3) is 6.01 Å². The van der Waals surface area contributed by atoms with Gasteiger partial charge in [-0.15, -0.1) is 0 Å². The van der Waals surface area contributed by atoms with Crippen LogP contribution in [0.1, 0.15) is 43.4 Å². The minimum atomic E-state index is -0.407. The van der Waals surface area contributed by atoms with Crippen molar-refractivity contribution in [2.24, 2.45) is 0 Å². The molecule has 3 aromatic heterocycles. The molecule has 1 saturated heterocycles. The first-order valence-corrected chi connectivity index (χ1v) is 11.5. The zero-order valence-electron chi connectivity index (χ0n) is 18.4. The summed E-state index contributed by atoms with van der Waals surface area (Å²) in [5, 5.41) is 8.00. The molecule has 1 aliphatic carbocycles. The fraction of sp³-hybridized carbons (Fsp3) is 0.458. The van der Waals surface area contributed by atoms with E-state index in [1.165, 1.54) is 25.3 Å². The van der Waals surface area contributed by atoms with Crippen molar-refractivity contribution in [1.82, 2.24) is 24.5 Å². The molecular weight excluding hydrogens is 407 g/mol. The van der Waals surface area contributed by atoms with E-state index < -0.39 is 5.82 Å². The number of nitrogens with one attached hydrogen (secondary N) is 1. The summed E-state index contributed by atoms with van der Waals surface area (Å²) in [6, 6.07) is 6.70. The van der Waals surface area contributed by atoms with Crippen molar-refractivity contribution in [3.05, 3.63) is 41.5 Å². The van der Waals surface area contributed by atoms with Gasteiger partial charge in [0.15, 0.2) is 17.0 Å². The normalized spacial score (nSPS) is 18.5. The van der Waals surface area contributed by atoms with Gasteiger partial charge in [-0.2, -0.15) is 10.1 Å². The van der Waals surface area contributed by atoms with E-state index in [4.69, 9.17) is 4.42 Å². The first kappa shape index (κ1) is 19.7. The van der Waals surface area contributed by atoms with Crippen LogP contribution in [0, 0.1) is 19.7 Å². The molecule has 0 unspecified atom stereocenters. The van der Waals surface area contributed by atoms with Crippen LogP contribution >= 0.6 is 0 Å². The van der Waals surface area contributed by atoms with Crippen molar-refractivity contribution in [2.45, 2.75) is 58.0 Å². The van der Waals surface area contributed by atoms with Gasteiger partial charge in [-0.3, -0.25) is 0 Å². The van der Waals surface area contributed by atoms with E-state index in [0.29, 0.717) is 28.9 Å². The number of halogens is 1. The number of nitrogens with zero attached hydrogens (tertiary/aromatic N) is 5. The highest BCUT2D eigenvalue weighted by Gasteiger charge is 2.29. The fourth-order valence-corrected chi connectivity index (χ4v) is 4.92. The number of imidazole rings is 1. The molecule has 2 aliphatic rings. The second-order valence-corrected chi connectivity index (χ2v) is 9.23. The Hall–Kier alpha value is -3.00. The minimum absolute atomic E-state index is 0.249. The number of aromatic nitrogens is 4. The Morgan fingerprint density at radius 3 is 2.62 bits per heavy atom. The summed E-state index contributed by atoms with van der Waals surface area (Å²) in [6.07, 6.45) is 8.02. The lowest BCUT2D eigenvalue weighted by atomic mass is 9.89. The van der Waals surface area contributed by atoms with Crippen LogP contribution in [-0.4, -0.2) is 49.7 Å². The Kier molecular flexibility index (Phi) is 4.64. The number of aryl methyl sites for hydroxylation is 2. The van der Waals surface area contributed by atoms with Gasteiger partial charge in [0, 0.05) is 30.7 Å². The van der Waals surface area contributed by atoms with Crippen LogP contribution in [0.3, 0.4) is 0 Å². The number of rotatable bonds is 4. The molecule has 0 radical (unpaired) electrons. The summed E-state index contributed by atoms with van der Waals surface area (Å²) in [5.41, 5.74) is 4.68. The van der Waals surface area contributed by atoms with Crippen LogP contribution in [0.4, 0.5) is 10.4 Å². The molecule has 1 aliphatic heterocycles. The molecule has 0 spiro atoms. The molecule has 32 heavy (non-hydrogen) atoms. The Morgan fingerprint density at radius 2 is 1.88 bits per heavy atom. The minimum Gasteiger partial charge on any atom is -0.423 e. The summed E-state index contributed by atoms with van der Waals surface area (Å²) in [7, 11) is 0. The lowest BCUT2D eigenvalue weighted by molar-refractivity contribution is 0.101. The van der Waals surface area contributed by atoms with Crippen LogP contribution in [0.5, 0.6) is 0 Å². The molecule has 166 valence electrons. The van der Waals surface area contributed by atoms with E-state index >= 15 is 0 Å². The van der Waals surface area contributed by atoms with E-state index in [1.54, 1.807) is 4.52 Å². The van der Waals surface area contributed by atoms with Crippen molar-refractivity contribution in [1.29, 1.82) is 0 Å². The summed E-state index contributed by atoms with van der Waals surface area (Å²) >= 11 is 0. The predicted octanol–water partition coefficient (Wildman–Crippen LogP) is 4.72. The van der Waals surface area contributed by atoms with Gasteiger partial charge in [-0.1, -0.05) is 6.42 Å². The predicted molar refractivity (Wildman–Crippen MR) is 121 cm³/mol. The third-order valence-corrected chi connectivity index (χ3v) is 6.92. The average Bonchev–Trinajstić information content (AvgIpc) is 3.31. The van der Waals surface area contributed by atoms with Crippen molar-refractivity contribution < 1.29 is 8.81 Å². The van der Waals surface area contributed by atoms with E-state index in [1.807, 2.05) is 32.2 Å². The molecule has 1 N–H and O–H groups in total. The lowest BCUT2D eigenvalue weighted by Crippen LogP contribution is -2.47. The quantitative estimate of drug-likeness (QED) is 0.501. The Balaban J connectivity index is 1.25. The topological polar surface area (TPSA) is 71.5 Å². The summed E-state index contributed by atoms with van der Waals surface area (Å²) < 4.78 is 22.6. The molecular formula is C24H27FN6O. The van der Waals surface area contributed by atoms with Crippen LogP contribution in [0.15, 0.2) is 28.8 Å². The molecule has 4 heterocycles. The van der Waals surface area contributed by atoms with Gasteiger partial charge in [0.1, 0.15) is 5.52 Å². The number of likely N-dealkylation sites (tertiary alicyclic amines) is 1. The largest absolute Gasteiger partial charge is 0.423 e. The number of hydrogen-bond acceptors (Lipinski definition) is 6. The van der Waals surface area contributed by atoms with Crippen molar-refractivity contribution in [3.63, 3.8) is 0 Å². The highest BCUT2D eigenvalue weighted by atomic mass is 19.1. The standard InChI is InChI=1S/C24H27FN6O/c1-14-10-20(29-31-13-15(2)26-23(14)31)16-11-19(25)22-21(12-16)32-24(28-22)27-17-6-8-30(9-7-17)18-4-3-5-18/h10-13,17-18H,3-9H2,1-2H3,(H,27,28). The maximum absolute atomic E-state index is 14.9. The van der Waals surface area contributed by atoms with Gasteiger partial charge in [0.05, 0.1) is 17.6 Å². The number of fused-ring (bicyclic) bond motifs is 2. The van der Waals surface area contributed by atoms with E-state index in [-0.39, 0.29) is 5.52 Å². The van der Waals surface area contributed by atoms with Gasteiger partial charge in [-0.25, -0.2) is 13.9 Å². The second kappa shape index (κ2) is 7.55. The van der Waals surface area contributed by atoms with Gasteiger partial charge >= 0.3 is 0 Å². The number of piperidine rings is 1. The highest BCUT2D eigenvalue weighted by molar-refractivity contribution is 5.81. The lowest BCUT2D eigenvalue weighted by Gasteiger charge is -2.41. The van der Waals surface area contributed by atoms with Crippen molar-refractivity contribution in [2.75, 3.05) is 18.4 Å². The fourth-order valence-electron chi connectivity index (χ4n) is 4.92. The molecule has 0 atom stereocenters. The Labute approximate surface area is 185 Å². The maximum atomic E-state index is 14.9. The van der Waals surface area contributed by atoms with E-state index in [9.17, 15) is 4.39 Å². The zero-order valence-corrected chi connectivity index (χ0v) is 18.4. The summed E-state index contributed by atoms with van der Waals surface area (Å²) in [5.74, 6) is -0.407. The number of benzene rings is 1. The molecule has 7 nitrogen and oxygen atoms in total. The van der Waals surface area contributed by atoms with E-state index in [2.05, 4.69) is 25.3 Å². The number of oxazole rings is 1. The summed E-state index contributed by atoms with van der Waals surface area (Å²) in [6.45, 7) is 6.11. The van der Waals surface area contributed by atoms with Crippen molar-refractivity contribution in [3.8, 4) is 11.3 Å². The average molecular weight is 435 g/mol. The Morgan fingerprint density at radius 1 is 1.06 bits per heavy atom. The molecule has 6 rings (SSSR count). The Bertz CT molecular complexity index is 1300. The van der Waals surface area contributed by atoms with Crippen LogP contribution in [0.2, 0.25) is 0 Å². The molecule has 0 bridgehead atoms. The molecule has 1 aromatic carbocycles. The maximum Gasteiger partial charge on any atom is 0.296 e. The zero-order chi connectivity index (χ0) is 21.8. The van der Waals surface area contributed by atoms with Crippen molar-refractivity contribution >= 4 is 22.8 Å².